The van der Waals surface area contributed by atoms with Gasteiger partial charge in [-0.25, -0.2) is 0 Å². The molecule has 1 N–H and O–H groups in total. The fourth-order valence-corrected chi connectivity index (χ4v) is 2.23. The van der Waals surface area contributed by atoms with Crippen molar-refractivity contribution < 1.29 is 9.47 Å². The molecule has 0 aliphatic carbocycles. The zero-order valence-corrected chi connectivity index (χ0v) is 12.1. The van der Waals surface area contributed by atoms with E-state index in [4.69, 9.17) is 9.47 Å². The maximum absolute atomic E-state index is 5.62. The van der Waals surface area contributed by atoms with Gasteiger partial charge in [-0.2, -0.15) is 0 Å². The van der Waals surface area contributed by atoms with Gasteiger partial charge < -0.3 is 14.8 Å². The second kappa shape index (κ2) is 7.89. The monoisotopic (exact) mass is 313 g/mol. The van der Waals surface area contributed by atoms with Crippen LogP contribution in [0.2, 0.25) is 0 Å². The van der Waals surface area contributed by atoms with Crippen molar-refractivity contribution in [1.82, 2.24) is 5.32 Å². The van der Waals surface area contributed by atoms with E-state index in [1.54, 1.807) is 0 Å². The molecule has 0 spiro atoms. The maximum Gasteiger partial charge on any atom is 0.0717 e. The molecule has 0 radical (unpaired) electrons. The molecule has 1 saturated heterocycles. The second-order valence-electron chi connectivity index (χ2n) is 4.61. The minimum absolute atomic E-state index is 0.682. The zero-order chi connectivity index (χ0) is 12.6. The van der Waals surface area contributed by atoms with Crippen molar-refractivity contribution in [2.24, 2.45) is 5.92 Å². The number of rotatable bonds is 7. The minimum Gasteiger partial charge on any atom is -0.381 e. The third kappa shape index (κ3) is 5.06. The van der Waals surface area contributed by atoms with E-state index in [1.807, 2.05) is 12.1 Å². The SMILES string of the molecule is Brc1ccc(COCCNCC2CCOC2)cc1. The van der Waals surface area contributed by atoms with E-state index in [0.29, 0.717) is 12.5 Å². The summed E-state index contributed by atoms with van der Waals surface area (Å²) in [7, 11) is 0. The summed E-state index contributed by atoms with van der Waals surface area (Å²) in [5.41, 5.74) is 1.21. The van der Waals surface area contributed by atoms with Crippen LogP contribution >= 0.6 is 15.9 Å². The van der Waals surface area contributed by atoms with Gasteiger partial charge in [0.2, 0.25) is 0 Å². The first kappa shape index (κ1) is 14.0. The number of ether oxygens (including phenoxy) is 2. The van der Waals surface area contributed by atoms with Gasteiger partial charge in [0.05, 0.1) is 19.8 Å². The number of hydrogen-bond acceptors (Lipinski definition) is 3. The van der Waals surface area contributed by atoms with Crippen LogP contribution < -0.4 is 5.32 Å². The summed E-state index contributed by atoms with van der Waals surface area (Å²) in [5, 5.41) is 3.41. The quantitative estimate of drug-likeness (QED) is 0.785. The molecule has 1 unspecified atom stereocenters. The van der Waals surface area contributed by atoms with E-state index in [-0.39, 0.29) is 0 Å². The first-order chi connectivity index (χ1) is 8.84. The lowest BCUT2D eigenvalue weighted by Gasteiger charge is -2.09. The molecular weight excluding hydrogens is 294 g/mol. The average molecular weight is 314 g/mol. The van der Waals surface area contributed by atoms with Crippen LogP contribution in [-0.4, -0.2) is 32.9 Å². The van der Waals surface area contributed by atoms with Crippen LogP contribution in [0.1, 0.15) is 12.0 Å². The molecule has 2 rings (SSSR count). The first-order valence-electron chi connectivity index (χ1n) is 6.45. The van der Waals surface area contributed by atoms with Gasteiger partial charge in [0, 0.05) is 24.2 Å². The molecule has 1 fully saturated rings. The Kier molecular flexibility index (Phi) is 6.14. The molecule has 0 aromatic heterocycles. The predicted octanol–water partition coefficient (Wildman–Crippen LogP) is 2.59. The lowest BCUT2D eigenvalue weighted by Crippen LogP contribution is -2.26. The van der Waals surface area contributed by atoms with E-state index < -0.39 is 0 Å². The van der Waals surface area contributed by atoms with Crippen molar-refractivity contribution in [2.45, 2.75) is 13.0 Å². The van der Waals surface area contributed by atoms with Crippen LogP contribution in [0, 0.1) is 5.92 Å². The smallest absolute Gasteiger partial charge is 0.0717 e. The van der Waals surface area contributed by atoms with Gasteiger partial charge in [-0.05, 0) is 30.0 Å². The van der Waals surface area contributed by atoms with E-state index in [9.17, 15) is 0 Å². The Balaban J connectivity index is 1.49. The fourth-order valence-electron chi connectivity index (χ4n) is 1.97. The molecule has 0 saturated carbocycles. The molecule has 1 aromatic rings. The van der Waals surface area contributed by atoms with Crippen molar-refractivity contribution in [1.29, 1.82) is 0 Å². The number of benzene rings is 1. The molecule has 100 valence electrons. The predicted molar refractivity (Wildman–Crippen MR) is 75.6 cm³/mol. The summed E-state index contributed by atoms with van der Waals surface area (Å²) in [6, 6.07) is 8.23. The van der Waals surface area contributed by atoms with Gasteiger partial charge in [-0.1, -0.05) is 28.1 Å². The topological polar surface area (TPSA) is 30.5 Å². The molecule has 1 heterocycles. The summed E-state index contributed by atoms with van der Waals surface area (Å²) in [6.07, 6.45) is 1.19. The number of halogens is 1. The normalized spacial score (nSPS) is 19.3. The van der Waals surface area contributed by atoms with Gasteiger partial charge >= 0.3 is 0 Å². The second-order valence-corrected chi connectivity index (χ2v) is 5.53. The molecule has 1 aliphatic rings. The Morgan fingerprint density at radius 3 is 2.89 bits per heavy atom. The van der Waals surface area contributed by atoms with Crippen molar-refractivity contribution in [3.05, 3.63) is 34.3 Å². The summed E-state index contributed by atoms with van der Waals surface area (Å²) in [6.45, 7) is 5.22. The van der Waals surface area contributed by atoms with Gasteiger partial charge in [0.1, 0.15) is 0 Å². The van der Waals surface area contributed by atoms with Crippen LogP contribution in [0.25, 0.3) is 0 Å². The molecular formula is C14H20BrNO2. The highest BCUT2D eigenvalue weighted by Crippen LogP contribution is 2.11. The Morgan fingerprint density at radius 1 is 1.33 bits per heavy atom. The highest BCUT2D eigenvalue weighted by molar-refractivity contribution is 9.10. The van der Waals surface area contributed by atoms with Gasteiger partial charge in [-0.3, -0.25) is 0 Å². The van der Waals surface area contributed by atoms with Crippen molar-refractivity contribution >= 4 is 15.9 Å². The van der Waals surface area contributed by atoms with Crippen molar-refractivity contribution in [2.75, 3.05) is 32.9 Å². The van der Waals surface area contributed by atoms with Crippen molar-refractivity contribution in [3.63, 3.8) is 0 Å². The van der Waals surface area contributed by atoms with E-state index >= 15 is 0 Å². The lowest BCUT2D eigenvalue weighted by atomic mass is 10.1. The van der Waals surface area contributed by atoms with Crippen LogP contribution in [0.3, 0.4) is 0 Å². The Morgan fingerprint density at radius 2 is 2.17 bits per heavy atom. The Hall–Kier alpha value is -0.420. The minimum atomic E-state index is 0.682. The molecule has 4 heteroatoms. The number of nitrogens with one attached hydrogen (secondary N) is 1. The van der Waals surface area contributed by atoms with Crippen LogP contribution in [0.4, 0.5) is 0 Å². The first-order valence-corrected chi connectivity index (χ1v) is 7.24. The lowest BCUT2D eigenvalue weighted by molar-refractivity contribution is 0.121. The highest BCUT2D eigenvalue weighted by atomic mass is 79.9. The molecule has 3 nitrogen and oxygen atoms in total. The molecule has 1 atom stereocenters. The Bertz CT molecular complexity index is 336. The molecule has 0 bridgehead atoms. The van der Waals surface area contributed by atoms with E-state index in [2.05, 4.69) is 33.4 Å². The summed E-state index contributed by atoms with van der Waals surface area (Å²) in [4.78, 5) is 0. The van der Waals surface area contributed by atoms with Gasteiger partial charge in [-0.15, -0.1) is 0 Å². The van der Waals surface area contributed by atoms with E-state index in [0.717, 1.165) is 37.4 Å². The van der Waals surface area contributed by atoms with Crippen molar-refractivity contribution in [3.8, 4) is 0 Å². The fraction of sp³-hybridized carbons (Fsp3) is 0.571. The summed E-state index contributed by atoms with van der Waals surface area (Å²) >= 11 is 3.42. The largest absolute Gasteiger partial charge is 0.381 e. The Labute approximate surface area is 117 Å². The maximum atomic E-state index is 5.62. The summed E-state index contributed by atoms with van der Waals surface area (Å²) in [5.74, 6) is 0.691. The number of hydrogen-bond donors (Lipinski definition) is 1. The standard InChI is InChI=1S/C14H20BrNO2/c15-14-3-1-12(2-4-14)10-18-8-6-16-9-13-5-7-17-11-13/h1-4,13,16H,5-11H2. The summed E-state index contributed by atoms with van der Waals surface area (Å²) < 4.78 is 12.0. The zero-order valence-electron chi connectivity index (χ0n) is 10.5. The van der Waals surface area contributed by atoms with Crippen LogP contribution in [0.15, 0.2) is 28.7 Å². The molecule has 18 heavy (non-hydrogen) atoms. The van der Waals surface area contributed by atoms with E-state index in [1.165, 1.54) is 12.0 Å². The van der Waals surface area contributed by atoms with Gasteiger partial charge in [0.25, 0.3) is 0 Å². The van der Waals surface area contributed by atoms with Crippen LogP contribution in [0.5, 0.6) is 0 Å². The highest BCUT2D eigenvalue weighted by Gasteiger charge is 2.14. The molecule has 1 aliphatic heterocycles. The third-order valence-electron chi connectivity index (χ3n) is 3.06. The molecule has 0 amide bonds. The van der Waals surface area contributed by atoms with Crippen LogP contribution in [-0.2, 0) is 16.1 Å². The van der Waals surface area contributed by atoms with Gasteiger partial charge in [0.15, 0.2) is 0 Å². The average Bonchev–Trinajstić information content (AvgIpc) is 2.89. The third-order valence-corrected chi connectivity index (χ3v) is 3.59. The molecule has 1 aromatic carbocycles.